The van der Waals surface area contributed by atoms with Crippen LogP contribution in [0.15, 0.2) is 35.5 Å². The Kier molecular flexibility index (Phi) is 6.72. The molecule has 0 bridgehead atoms. The van der Waals surface area contributed by atoms with Crippen LogP contribution in [0.1, 0.15) is 91.9 Å². The maximum Gasteiger partial charge on any atom is 0.0787 e. The van der Waals surface area contributed by atoms with E-state index in [9.17, 15) is 5.11 Å². The largest absolute Gasteiger partial charge is 0.388 e. The molecule has 3 aliphatic rings. The number of hydrogen-bond acceptors (Lipinski definition) is 1. The number of rotatable bonds is 5. The highest BCUT2D eigenvalue weighted by molar-refractivity contribution is 5.28. The van der Waals surface area contributed by atoms with E-state index >= 15 is 0 Å². The topological polar surface area (TPSA) is 20.2 Å². The van der Waals surface area contributed by atoms with E-state index in [0.29, 0.717) is 11.3 Å². The lowest BCUT2D eigenvalue weighted by molar-refractivity contribution is 0.0934. The van der Waals surface area contributed by atoms with E-state index in [4.69, 9.17) is 0 Å². The summed E-state index contributed by atoms with van der Waals surface area (Å²) in [6.07, 6.45) is 17.3. The van der Waals surface area contributed by atoms with Gasteiger partial charge in [0, 0.05) is 0 Å². The Morgan fingerprint density at radius 2 is 2.04 bits per heavy atom. The Morgan fingerprint density at radius 1 is 1.26 bits per heavy atom. The van der Waals surface area contributed by atoms with Gasteiger partial charge in [0.2, 0.25) is 0 Å². The first kappa shape index (κ1) is 20.9. The number of aliphatic hydroxyl groups excluding tert-OH is 1. The summed E-state index contributed by atoms with van der Waals surface area (Å²) in [4.78, 5) is 0. The van der Waals surface area contributed by atoms with Gasteiger partial charge in [-0.25, -0.2) is 0 Å². The van der Waals surface area contributed by atoms with Crippen molar-refractivity contribution in [1.82, 2.24) is 0 Å². The van der Waals surface area contributed by atoms with E-state index in [2.05, 4.69) is 46.4 Å². The van der Waals surface area contributed by atoms with Crippen LogP contribution in [0.2, 0.25) is 0 Å². The minimum Gasteiger partial charge on any atom is -0.388 e. The summed E-state index contributed by atoms with van der Waals surface area (Å²) in [5.41, 5.74) is 4.65. The fourth-order valence-corrected chi connectivity index (χ4v) is 6.62. The van der Waals surface area contributed by atoms with E-state index in [0.717, 1.165) is 36.2 Å². The quantitative estimate of drug-likeness (QED) is 0.506. The number of unbranched alkanes of at least 4 members (excludes halogenated alkanes) is 1. The second-order valence-corrected chi connectivity index (χ2v) is 10.2. The van der Waals surface area contributed by atoms with Gasteiger partial charge in [0.25, 0.3) is 0 Å². The third kappa shape index (κ3) is 4.29. The van der Waals surface area contributed by atoms with Gasteiger partial charge >= 0.3 is 0 Å². The molecular weight excluding hydrogens is 328 g/mol. The predicted molar refractivity (Wildman–Crippen MR) is 117 cm³/mol. The normalized spacial score (nSPS) is 41.1. The third-order valence-corrected chi connectivity index (χ3v) is 8.36. The van der Waals surface area contributed by atoms with Crippen molar-refractivity contribution in [1.29, 1.82) is 0 Å². The second-order valence-electron chi connectivity index (χ2n) is 10.2. The Morgan fingerprint density at radius 3 is 2.74 bits per heavy atom. The first-order chi connectivity index (χ1) is 12.9. The molecule has 3 fully saturated rings. The van der Waals surface area contributed by atoms with Gasteiger partial charge < -0.3 is 5.11 Å². The van der Waals surface area contributed by atoms with Crippen molar-refractivity contribution in [3.8, 4) is 0 Å². The summed E-state index contributed by atoms with van der Waals surface area (Å²) in [5.74, 6) is 2.98. The van der Waals surface area contributed by atoms with Crippen molar-refractivity contribution >= 4 is 0 Å². The Labute approximate surface area is 168 Å². The second kappa shape index (κ2) is 8.68. The van der Waals surface area contributed by atoms with Crippen LogP contribution in [0.5, 0.6) is 0 Å². The number of fused-ring (bicyclic) bond motifs is 1. The fourth-order valence-electron chi connectivity index (χ4n) is 6.62. The molecule has 0 spiro atoms. The molecule has 2 unspecified atom stereocenters. The van der Waals surface area contributed by atoms with Crippen molar-refractivity contribution in [2.24, 2.45) is 29.1 Å². The van der Waals surface area contributed by atoms with Crippen molar-refractivity contribution in [3.63, 3.8) is 0 Å². The molecule has 0 aliphatic heterocycles. The number of aliphatic hydroxyl groups is 1. The standard InChI is InChI=1S/C26H42O/c1-6-7-9-18(2)23-13-14-24-22(10-8-15-26(23,24)5)12-11-21-16-19(3)20(4)25(27)17-21/h11-12,18-19,23-25,27H,4,6-10,13-17H2,1-3,5H3/b21-11-,22-12+/t18-,19+,23?,24?,25+,26+/m0/s1. The molecule has 0 aromatic carbocycles. The van der Waals surface area contributed by atoms with Crippen LogP contribution < -0.4 is 0 Å². The molecule has 3 saturated carbocycles. The Balaban J connectivity index is 1.74. The SMILES string of the molecule is C=C1[C@H](C)C/C(=C/C=C2\CCC[C@@]3(C)C2CCC3[C@@H](C)CCCC)C[C@H]1O. The molecule has 3 rings (SSSR count). The maximum atomic E-state index is 10.3. The zero-order chi connectivity index (χ0) is 19.6. The smallest absolute Gasteiger partial charge is 0.0787 e. The van der Waals surface area contributed by atoms with Gasteiger partial charge in [0.05, 0.1) is 6.10 Å². The van der Waals surface area contributed by atoms with Crippen LogP contribution in [-0.2, 0) is 0 Å². The summed E-state index contributed by atoms with van der Waals surface area (Å²) >= 11 is 0. The van der Waals surface area contributed by atoms with Crippen LogP contribution in [0, 0.1) is 29.1 Å². The molecule has 3 aliphatic carbocycles. The summed E-state index contributed by atoms with van der Waals surface area (Å²) in [6, 6.07) is 0. The van der Waals surface area contributed by atoms with E-state index in [1.54, 1.807) is 5.57 Å². The minimum atomic E-state index is -0.342. The molecular formula is C26H42O. The summed E-state index contributed by atoms with van der Waals surface area (Å²) < 4.78 is 0. The molecule has 27 heavy (non-hydrogen) atoms. The van der Waals surface area contributed by atoms with Gasteiger partial charge in [0.15, 0.2) is 0 Å². The van der Waals surface area contributed by atoms with Gasteiger partial charge in [-0.05, 0) is 79.6 Å². The van der Waals surface area contributed by atoms with Gasteiger partial charge in [-0.15, -0.1) is 0 Å². The van der Waals surface area contributed by atoms with Crippen LogP contribution in [0.25, 0.3) is 0 Å². The van der Waals surface area contributed by atoms with Gasteiger partial charge in [0.1, 0.15) is 0 Å². The summed E-state index contributed by atoms with van der Waals surface area (Å²) in [5, 5.41) is 10.3. The lowest BCUT2D eigenvalue weighted by Crippen LogP contribution is -2.36. The Hall–Kier alpha value is -0.820. The van der Waals surface area contributed by atoms with Crippen LogP contribution in [0.4, 0.5) is 0 Å². The lowest BCUT2D eigenvalue weighted by atomic mass is 9.60. The van der Waals surface area contributed by atoms with E-state index in [1.165, 1.54) is 56.9 Å². The van der Waals surface area contributed by atoms with E-state index in [1.807, 2.05) is 0 Å². The molecule has 6 atom stereocenters. The van der Waals surface area contributed by atoms with Crippen molar-refractivity contribution in [2.75, 3.05) is 0 Å². The predicted octanol–water partition coefficient (Wildman–Crippen LogP) is 7.23. The molecule has 152 valence electrons. The summed E-state index contributed by atoms with van der Waals surface area (Å²) in [7, 11) is 0. The molecule has 0 radical (unpaired) electrons. The number of allylic oxidation sites excluding steroid dienone is 3. The average Bonchev–Trinajstić information content (AvgIpc) is 2.99. The summed E-state index contributed by atoms with van der Waals surface area (Å²) in [6.45, 7) is 13.7. The lowest BCUT2D eigenvalue weighted by Gasteiger charge is -2.44. The van der Waals surface area contributed by atoms with E-state index < -0.39 is 0 Å². The van der Waals surface area contributed by atoms with Crippen LogP contribution in [-0.4, -0.2) is 11.2 Å². The Bertz CT molecular complexity index is 581. The highest BCUT2D eigenvalue weighted by atomic mass is 16.3. The molecule has 0 saturated heterocycles. The number of hydrogen-bond donors (Lipinski definition) is 1. The van der Waals surface area contributed by atoms with Crippen molar-refractivity contribution in [2.45, 2.75) is 98.0 Å². The van der Waals surface area contributed by atoms with Gasteiger partial charge in [-0.1, -0.05) is 76.8 Å². The monoisotopic (exact) mass is 370 g/mol. The van der Waals surface area contributed by atoms with Gasteiger partial charge in [-0.3, -0.25) is 0 Å². The molecule has 0 aromatic heterocycles. The highest BCUT2D eigenvalue weighted by Gasteiger charge is 2.50. The molecule has 0 heterocycles. The average molecular weight is 371 g/mol. The minimum absolute atomic E-state index is 0.342. The first-order valence-corrected chi connectivity index (χ1v) is 11.6. The third-order valence-electron chi connectivity index (χ3n) is 8.36. The zero-order valence-electron chi connectivity index (χ0n) is 18.3. The van der Waals surface area contributed by atoms with Crippen molar-refractivity contribution < 1.29 is 5.11 Å². The van der Waals surface area contributed by atoms with E-state index in [-0.39, 0.29) is 6.10 Å². The maximum absolute atomic E-state index is 10.3. The van der Waals surface area contributed by atoms with Crippen LogP contribution >= 0.6 is 0 Å². The molecule has 0 amide bonds. The van der Waals surface area contributed by atoms with Crippen molar-refractivity contribution in [3.05, 3.63) is 35.5 Å². The first-order valence-electron chi connectivity index (χ1n) is 11.6. The fraction of sp³-hybridized carbons (Fsp3) is 0.769. The molecule has 1 N–H and O–H groups in total. The van der Waals surface area contributed by atoms with Crippen LogP contribution in [0.3, 0.4) is 0 Å². The highest BCUT2D eigenvalue weighted by Crippen LogP contribution is 2.59. The molecule has 1 nitrogen and oxygen atoms in total. The zero-order valence-corrected chi connectivity index (χ0v) is 18.3. The molecule has 1 heteroatoms. The van der Waals surface area contributed by atoms with Gasteiger partial charge in [-0.2, -0.15) is 0 Å². The molecule has 0 aromatic rings.